The number of nitrogens with one attached hydrogen (secondary N) is 1. The number of hydrogen-bond acceptors (Lipinski definition) is 3. The highest BCUT2D eigenvalue weighted by molar-refractivity contribution is 7.10. The molecule has 0 aromatic carbocycles. The Bertz CT molecular complexity index is 444. The molecule has 0 fully saturated rings. The third kappa shape index (κ3) is 1.98. The largest absolute Gasteiger partial charge is 0.464 e. The summed E-state index contributed by atoms with van der Waals surface area (Å²) in [5.41, 5.74) is 1.30. The van der Waals surface area contributed by atoms with Gasteiger partial charge in [0, 0.05) is 4.88 Å². The summed E-state index contributed by atoms with van der Waals surface area (Å²) in [4.78, 5) is 1.34. The minimum absolute atomic E-state index is 0.171. The van der Waals surface area contributed by atoms with Crippen LogP contribution in [0, 0.1) is 13.8 Å². The summed E-state index contributed by atoms with van der Waals surface area (Å²) >= 11 is 1.77. The summed E-state index contributed by atoms with van der Waals surface area (Å²) in [5.74, 6) is 1.94. The zero-order chi connectivity index (χ0) is 10.8. The van der Waals surface area contributed by atoms with Crippen LogP contribution in [0.3, 0.4) is 0 Å². The van der Waals surface area contributed by atoms with E-state index in [4.69, 9.17) is 4.42 Å². The molecule has 2 nitrogen and oxygen atoms in total. The highest BCUT2D eigenvalue weighted by Crippen LogP contribution is 2.28. The van der Waals surface area contributed by atoms with Gasteiger partial charge in [-0.05, 0) is 50.0 Å². The van der Waals surface area contributed by atoms with Crippen LogP contribution in [0.1, 0.15) is 28.0 Å². The monoisotopic (exact) mass is 221 g/mol. The quantitative estimate of drug-likeness (QED) is 0.860. The van der Waals surface area contributed by atoms with Gasteiger partial charge < -0.3 is 9.73 Å². The highest BCUT2D eigenvalue weighted by Gasteiger charge is 2.17. The number of rotatable bonds is 3. The molecule has 2 aromatic rings. The topological polar surface area (TPSA) is 25.2 Å². The number of thiophene rings is 1. The summed E-state index contributed by atoms with van der Waals surface area (Å²) in [7, 11) is 1.96. The summed E-state index contributed by atoms with van der Waals surface area (Å²) in [6.07, 6.45) is 0. The van der Waals surface area contributed by atoms with E-state index in [-0.39, 0.29) is 6.04 Å². The molecule has 2 aromatic heterocycles. The number of aryl methyl sites for hydroxylation is 2. The molecule has 15 heavy (non-hydrogen) atoms. The van der Waals surface area contributed by atoms with Crippen LogP contribution in [0.2, 0.25) is 0 Å². The molecule has 0 aliphatic rings. The van der Waals surface area contributed by atoms with Gasteiger partial charge in [-0.15, -0.1) is 11.3 Å². The Kier molecular flexibility index (Phi) is 2.93. The van der Waals surface area contributed by atoms with E-state index in [1.54, 1.807) is 11.3 Å². The second-order valence-corrected chi connectivity index (χ2v) is 4.72. The van der Waals surface area contributed by atoms with Crippen molar-refractivity contribution in [3.8, 4) is 0 Å². The molecule has 0 aliphatic carbocycles. The summed E-state index contributed by atoms with van der Waals surface area (Å²) in [5, 5.41) is 5.40. The van der Waals surface area contributed by atoms with E-state index >= 15 is 0 Å². The maximum absolute atomic E-state index is 5.66. The van der Waals surface area contributed by atoms with E-state index in [1.165, 1.54) is 10.4 Å². The maximum Gasteiger partial charge on any atom is 0.125 e. The predicted octanol–water partition coefficient (Wildman–Crippen LogP) is 3.27. The highest BCUT2D eigenvalue weighted by atomic mass is 32.1. The van der Waals surface area contributed by atoms with Crippen molar-refractivity contribution in [1.29, 1.82) is 0 Å². The molecule has 0 radical (unpaired) electrons. The van der Waals surface area contributed by atoms with Crippen molar-refractivity contribution >= 4 is 11.3 Å². The molecule has 0 aliphatic heterocycles. The molecule has 0 amide bonds. The van der Waals surface area contributed by atoms with Crippen molar-refractivity contribution < 1.29 is 4.42 Å². The van der Waals surface area contributed by atoms with Crippen molar-refractivity contribution in [3.63, 3.8) is 0 Å². The molecule has 1 N–H and O–H groups in total. The fourth-order valence-corrected chi connectivity index (χ4v) is 2.49. The van der Waals surface area contributed by atoms with Gasteiger partial charge in [-0.25, -0.2) is 0 Å². The summed E-state index contributed by atoms with van der Waals surface area (Å²) in [6.45, 7) is 4.11. The van der Waals surface area contributed by atoms with Crippen molar-refractivity contribution in [3.05, 3.63) is 45.5 Å². The second-order valence-electron chi connectivity index (χ2n) is 3.60. The molecule has 2 heterocycles. The van der Waals surface area contributed by atoms with Gasteiger partial charge in [0.1, 0.15) is 11.5 Å². The van der Waals surface area contributed by atoms with E-state index in [0.29, 0.717) is 0 Å². The van der Waals surface area contributed by atoms with Gasteiger partial charge in [-0.3, -0.25) is 0 Å². The van der Waals surface area contributed by atoms with Crippen LogP contribution in [0.5, 0.6) is 0 Å². The lowest BCUT2D eigenvalue weighted by Crippen LogP contribution is -2.17. The molecular weight excluding hydrogens is 206 g/mol. The Morgan fingerprint density at radius 1 is 1.27 bits per heavy atom. The first-order valence-corrected chi connectivity index (χ1v) is 5.88. The van der Waals surface area contributed by atoms with Crippen LogP contribution < -0.4 is 5.32 Å². The SMILES string of the molecule is CNC(c1ccc(C)o1)c1ccsc1C. The zero-order valence-electron chi connectivity index (χ0n) is 9.20. The molecule has 1 unspecified atom stereocenters. The van der Waals surface area contributed by atoms with Crippen molar-refractivity contribution in [2.75, 3.05) is 7.05 Å². The lowest BCUT2D eigenvalue weighted by atomic mass is 10.1. The summed E-state index contributed by atoms with van der Waals surface area (Å²) < 4.78 is 5.66. The van der Waals surface area contributed by atoms with E-state index in [2.05, 4.69) is 23.7 Å². The third-order valence-corrected chi connectivity index (χ3v) is 3.41. The number of hydrogen-bond donors (Lipinski definition) is 1. The molecule has 1 atom stereocenters. The van der Waals surface area contributed by atoms with Gasteiger partial charge in [-0.2, -0.15) is 0 Å². The Morgan fingerprint density at radius 2 is 2.07 bits per heavy atom. The average molecular weight is 221 g/mol. The number of furan rings is 1. The van der Waals surface area contributed by atoms with Crippen LogP contribution in [0.15, 0.2) is 28.0 Å². The third-order valence-electron chi connectivity index (χ3n) is 2.54. The molecule has 0 bridgehead atoms. The van der Waals surface area contributed by atoms with Crippen LogP contribution >= 0.6 is 11.3 Å². The molecular formula is C12H15NOS. The predicted molar refractivity (Wildman–Crippen MR) is 63.4 cm³/mol. The van der Waals surface area contributed by atoms with Gasteiger partial charge in [0.25, 0.3) is 0 Å². The molecule has 0 saturated heterocycles. The minimum atomic E-state index is 0.171. The Balaban J connectivity index is 2.36. The molecule has 0 saturated carbocycles. The molecule has 3 heteroatoms. The Labute approximate surface area is 93.9 Å². The Hall–Kier alpha value is -1.06. The molecule has 80 valence electrons. The van der Waals surface area contributed by atoms with Crippen LogP contribution in [0.25, 0.3) is 0 Å². The maximum atomic E-state index is 5.66. The minimum Gasteiger partial charge on any atom is -0.464 e. The van der Waals surface area contributed by atoms with Gasteiger partial charge in [-0.1, -0.05) is 0 Å². The standard InChI is InChI=1S/C12H15NOS/c1-8-4-5-11(14-8)12(13-3)10-6-7-15-9(10)2/h4-7,12-13H,1-3H3. The van der Waals surface area contributed by atoms with Crippen LogP contribution in [0.4, 0.5) is 0 Å². The van der Waals surface area contributed by atoms with Gasteiger partial charge >= 0.3 is 0 Å². The van der Waals surface area contributed by atoms with Crippen molar-refractivity contribution in [2.45, 2.75) is 19.9 Å². The second kappa shape index (κ2) is 4.21. The lowest BCUT2D eigenvalue weighted by Gasteiger charge is -2.13. The average Bonchev–Trinajstić information content (AvgIpc) is 2.79. The fraction of sp³-hybridized carbons (Fsp3) is 0.333. The van der Waals surface area contributed by atoms with E-state index in [0.717, 1.165) is 11.5 Å². The Morgan fingerprint density at radius 3 is 2.53 bits per heavy atom. The lowest BCUT2D eigenvalue weighted by molar-refractivity contribution is 0.444. The van der Waals surface area contributed by atoms with E-state index in [1.807, 2.05) is 26.1 Å². The first-order valence-electron chi connectivity index (χ1n) is 5.00. The van der Waals surface area contributed by atoms with Gasteiger partial charge in [0.15, 0.2) is 0 Å². The van der Waals surface area contributed by atoms with Crippen LogP contribution in [-0.2, 0) is 0 Å². The fourth-order valence-electron chi connectivity index (χ4n) is 1.75. The van der Waals surface area contributed by atoms with Crippen LogP contribution in [-0.4, -0.2) is 7.05 Å². The first-order chi connectivity index (χ1) is 7.22. The van der Waals surface area contributed by atoms with Crippen molar-refractivity contribution in [2.24, 2.45) is 0 Å². The van der Waals surface area contributed by atoms with E-state index < -0.39 is 0 Å². The molecule has 2 rings (SSSR count). The zero-order valence-corrected chi connectivity index (χ0v) is 10.0. The van der Waals surface area contributed by atoms with Crippen molar-refractivity contribution in [1.82, 2.24) is 5.32 Å². The normalized spacial score (nSPS) is 13.0. The smallest absolute Gasteiger partial charge is 0.125 e. The summed E-state index contributed by atoms with van der Waals surface area (Å²) in [6, 6.07) is 6.36. The van der Waals surface area contributed by atoms with Gasteiger partial charge in [0.2, 0.25) is 0 Å². The van der Waals surface area contributed by atoms with E-state index in [9.17, 15) is 0 Å². The van der Waals surface area contributed by atoms with Gasteiger partial charge in [0.05, 0.1) is 6.04 Å². The molecule has 0 spiro atoms. The first kappa shape index (κ1) is 10.5.